The molecule has 0 aliphatic rings. The van der Waals surface area contributed by atoms with E-state index in [4.69, 9.17) is 14.6 Å². The van der Waals surface area contributed by atoms with Crippen LogP contribution in [0.1, 0.15) is 33.7 Å². The molecule has 0 aliphatic heterocycles. The number of nitrogens with zero attached hydrogens (tertiary/aromatic N) is 5. The molecule has 1 atom stereocenters. The van der Waals surface area contributed by atoms with E-state index in [0.29, 0.717) is 36.3 Å². The Balaban J connectivity index is 1.39. The molecule has 0 bridgehead atoms. The molecule has 0 fully saturated rings. The Bertz CT molecular complexity index is 1500. The number of carbonyl (C=O) groups excluding carboxylic acids is 1. The van der Waals surface area contributed by atoms with Gasteiger partial charge in [-0.2, -0.15) is 0 Å². The van der Waals surface area contributed by atoms with Gasteiger partial charge in [0, 0.05) is 23.9 Å². The van der Waals surface area contributed by atoms with Crippen LogP contribution in [0.4, 0.5) is 0 Å². The minimum Gasteiger partial charge on any atom is -0.443 e. The fraction of sp³-hybridized carbons (Fsp3) is 0.200. The van der Waals surface area contributed by atoms with Crippen molar-refractivity contribution in [2.45, 2.75) is 25.3 Å². The summed E-state index contributed by atoms with van der Waals surface area (Å²) in [5.41, 5.74) is 7.68. The van der Waals surface area contributed by atoms with Gasteiger partial charge in [-0.15, -0.1) is 21.5 Å². The third-order valence-electron chi connectivity index (χ3n) is 5.43. The molecule has 3 N–H and O–H groups in total. The van der Waals surface area contributed by atoms with E-state index in [9.17, 15) is 4.79 Å². The summed E-state index contributed by atoms with van der Waals surface area (Å²) >= 11 is 4.86. The van der Waals surface area contributed by atoms with Crippen molar-refractivity contribution in [2.75, 3.05) is 6.54 Å². The predicted octanol–water partition coefficient (Wildman–Crippen LogP) is 4.39. The van der Waals surface area contributed by atoms with Crippen LogP contribution in [0.15, 0.2) is 73.7 Å². The van der Waals surface area contributed by atoms with Crippen LogP contribution < -0.4 is 11.1 Å². The van der Waals surface area contributed by atoms with E-state index in [1.54, 1.807) is 12.1 Å². The summed E-state index contributed by atoms with van der Waals surface area (Å²) in [6.07, 6.45) is 4.05. The summed E-state index contributed by atoms with van der Waals surface area (Å²) in [5.74, 6) is 0.362. The van der Waals surface area contributed by atoms with Crippen LogP contribution in [-0.4, -0.2) is 37.6 Å². The molecule has 188 valence electrons. The lowest BCUT2D eigenvalue weighted by Gasteiger charge is -2.20. The molecule has 0 saturated heterocycles. The molecule has 10 nitrogen and oxygen atoms in total. The number of halogens is 1. The fourth-order valence-corrected chi connectivity index (χ4v) is 4.94. The standard InChI is InChI=1S/C25H22BrN7O3S/c1-25(27,13-15-5-3-2-4-6-15)24-33-32-23(36-24)18-12-16(11-17(30-18)22-29-9-10-35-22)21(34)28-8-7-20-31-19(26)14-37-20/h2-6,9-12,14H,7-8,13,27H2,1H3,(H,28,34). The Morgan fingerprint density at radius 1 is 1.14 bits per heavy atom. The average molecular weight is 580 g/mol. The van der Waals surface area contributed by atoms with Gasteiger partial charge in [-0.1, -0.05) is 30.3 Å². The van der Waals surface area contributed by atoms with Crippen LogP contribution in [0.2, 0.25) is 0 Å². The maximum Gasteiger partial charge on any atom is 0.266 e. The molecular weight excluding hydrogens is 558 g/mol. The van der Waals surface area contributed by atoms with E-state index in [0.717, 1.165) is 15.2 Å². The van der Waals surface area contributed by atoms with Crippen molar-refractivity contribution in [3.63, 3.8) is 0 Å². The highest BCUT2D eigenvalue weighted by molar-refractivity contribution is 9.10. The first kappa shape index (κ1) is 24.9. The van der Waals surface area contributed by atoms with E-state index in [1.165, 1.54) is 23.8 Å². The zero-order valence-corrected chi connectivity index (χ0v) is 22.1. The van der Waals surface area contributed by atoms with Gasteiger partial charge in [-0.05, 0) is 47.0 Å². The molecule has 1 unspecified atom stereocenters. The second-order valence-electron chi connectivity index (χ2n) is 8.53. The number of hydrogen-bond donors (Lipinski definition) is 2. The second-order valence-corrected chi connectivity index (χ2v) is 10.3. The highest BCUT2D eigenvalue weighted by Gasteiger charge is 2.29. The molecule has 37 heavy (non-hydrogen) atoms. The molecule has 0 radical (unpaired) electrons. The van der Waals surface area contributed by atoms with Crippen LogP contribution in [-0.2, 0) is 18.4 Å². The van der Waals surface area contributed by atoms with Gasteiger partial charge in [-0.25, -0.2) is 15.0 Å². The molecule has 0 saturated carbocycles. The molecular formula is C25H22BrN7O3S. The largest absolute Gasteiger partial charge is 0.443 e. The summed E-state index contributed by atoms with van der Waals surface area (Å²) in [6, 6.07) is 13.0. The lowest BCUT2D eigenvalue weighted by Crippen LogP contribution is -2.35. The topological polar surface area (TPSA) is 146 Å². The number of pyridine rings is 1. The summed E-state index contributed by atoms with van der Waals surface area (Å²) in [7, 11) is 0. The SMILES string of the molecule is CC(N)(Cc1ccccc1)c1nnc(-c2cc(C(=O)NCCc3nc(Br)cs3)cc(-c3ncco3)n2)o1. The Morgan fingerprint density at radius 2 is 1.92 bits per heavy atom. The van der Waals surface area contributed by atoms with E-state index in [2.05, 4.69) is 46.4 Å². The van der Waals surface area contributed by atoms with Crippen LogP contribution >= 0.6 is 27.3 Å². The number of nitrogens with one attached hydrogen (secondary N) is 1. The normalized spacial score (nSPS) is 12.8. The van der Waals surface area contributed by atoms with Crippen molar-refractivity contribution in [2.24, 2.45) is 5.73 Å². The Morgan fingerprint density at radius 3 is 2.62 bits per heavy atom. The van der Waals surface area contributed by atoms with E-state index in [-0.39, 0.29) is 23.6 Å². The second kappa shape index (κ2) is 10.7. The van der Waals surface area contributed by atoms with E-state index in [1.807, 2.05) is 42.6 Å². The van der Waals surface area contributed by atoms with Crippen LogP contribution in [0, 0.1) is 0 Å². The van der Waals surface area contributed by atoms with E-state index < -0.39 is 5.54 Å². The number of oxazole rings is 1. The average Bonchev–Trinajstić information content (AvgIpc) is 3.66. The fourth-order valence-electron chi connectivity index (χ4n) is 3.67. The van der Waals surface area contributed by atoms with Gasteiger partial charge in [0.1, 0.15) is 22.3 Å². The molecule has 1 aromatic carbocycles. The Kier molecular flexibility index (Phi) is 7.22. The number of amides is 1. The number of thiazole rings is 1. The summed E-state index contributed by atoms with van der Waals surface area (Å²) in [4.78, 5) is 26.1. The van der Waals surface area contributed by atoms with Crippen molar-refractivity contribution in [1.29, 1.82) is 0 Å². The van der Waals surface area contributed by atoms with Gasteiger partial charge < -0.3 is 19.9 Å². The highest BCUT2D eigenvalue weighted by Crippen LogP contribution is 2.27. The predicted molar refractivity (Wildman–Crippen MR) is 141 cm³/mol. The molecule has 0 aliphatic carbocycles. The zero-order valence-electron chi connectivity index (χ0n) is 19.7. The van der Waals surface area contributed by atoms with Gasteiger partial charge in [0.2, 0.25) is 11.8 Å². The third-order valence-corrected chi connectivity index (χ3v) is 7.05. The Hall–Kier alpha value is -3.74. The highest BCUT2D eigenvalue weighted by atomic mass is 79.9. The first-order valence-electron chi connectivity index (χ1n) is 11.3. The molecule has 5 aromatic rings. The number of hydrogen-bond acceptors (Lipinski definition) is 10. The van der Waals surface area contributed by atoms with Gasteiger partial charge in [0.05, 0.1) is 16.7 Å². The summed E-state index contributed by atoms with van der Waals surface area (Å²) in [6.45, 7) is 2.24. The summed E-state index contributed by atoms with van der Waals surface area (Å²) < 4.78 is 12.1. The van der Waals surface area contributed by atoms with Gasteiger partial charge in [0.15, 0.2) is 0 Å². The van der Waals surface area contributed by atoms with Gasteiger partial charge in [0.25, 0.3) is 11.8 Å². The van der Waals surface area contributed by atoms with Crippen molar-refractivity contribution < 1.29 is 13.6 Å². The number of carbonyl (C=O) groups is 1. The van der Waals surface area contributed by atoms with Gasteiger partial charge >= 0.3 is 0 Å². The van der Waals surface area contributed by atoms with Crippen molar-refractivity contribution in [3.8, 4) is 23.2 Å². The van der Waals surface area contributed by atoms with Crippen molar-refractivity contribution in [1.82, 2.24) is 30.5 Å². The van der Waals surface area contributed by atoms with E-state index >= 15 is 0 Å². The molecule has 4 heterocycles. The summed E-state index contributed by atoms with van der Waals surface area (Å²) in [5, 5.41) is 14.1. The molecule has 12 heteroatoms. The minimum absolute atomic E-state index is 0.134. The molecule has 0 spiro atoms. The lowest BCUT2D eigenvalue weighted by atomic mass is 9.94. The van der Waals surface area contributed by atoms with Gasteiger partial charge in [-0.3, -0.25) is 4.79 Å². The maximum absolute atomic E-state index is 13.0. The van der Waals surface area contributed by atoms with Crippen LogP contribution in [0.25, 0.3) is 23.2 Å². The van der Waals surface area contributed by atoms with Crippen LogP contribution in [0.3, 0.4) is 0 Å². The maximum atomic E-state index is 13.0. The number of nitrogens with two attached hydrogens (primary N) is 1. The van der Waals surface area contributed by atoms with Crippen molar-refractivity contribution >= 4 is 33.2 Å². The number of rotatable bonds is 9. The third kappa shape index (κ3) is 5.98. The first-order valence-corrected chi connectivity index (χ1v) is 13.0. The molecule has 5 rings (SSSR count). The lowest BCUT2D eigenvalue weighted by molar-refractivity contribution is 0.0954. The quantitative estimate of drug-likeness (QED) is 0.259. The zero-order chi connectivity index (χ0) is 25.8. The molecule has 4 aromatic heterocycles. The number of aromatic nitrogens is 5. The number of benzene rings is 1. The minimum atomic E-state index is -0.905. The Labute approximate surface area is 224 Å². The van der Waals surface area contributed by atoms with Crippen LogP contribution in [0.5, 0.6) is 0 Å². The smallest absolute Gasteiger partial charge is 0.266 e. The monoisotopic (exact) mass is 579 g/mol. The van der Waals surface area contributed by atoms with Crippen molar-refractivity contribution in [3.05, 3.63) is 86.9 Å². The first-order chi connectivity index (χ1) is 17.9. The molecule has 1 amide bonds.